The quantitative estimate of drug-likeness (QED) is 0.647. The molecule has 2 aromatic rings. The van der Waals surface area contributed by atoms with Gasteiger partial charge in [0.1, 0.15) is 11.6 Å². The topological polar surface area (TPSA) is 98.0 Å². The number of H-pyrrole nitrogens is 2. The van der Waals surface area contributed by atoms with Crippen LogP contribution in [-0.2, 0) is 4.79 Å². The summed E-state index contributed by atoms with van der Waals surface area (Å²) in [7, 11) is 0. The van der Waals surface area contributed by atoms with Crippen molar-refractivity contribution in [3.8, 4) is 5.75 Å². The summed E-state index contributed by atoms with van der Waals surface area (Å²) in [5.41, 5.74) is 2.51. The molecule has 6 nitrogen and oxygen atoms in total. The number of phenols is 1. The van der Waals surface area contributed by atoms with Crippen LogP contribution in [0.15, 0.2) is 40.3 Å². The number of anilines is 1. The summed E-state index contributed by atoms with van der Waals surface area (Å²) in [6.45, 7) is 0. The minimum Gasteiger partial charge on any atom is -0.508 e. The van der Waals surface area contributed by atoms with Crippen LogP contribution in [0.25, 0.3) is 0 Å². The number of fused-ring (bicyclic) bond motifs is 1. The molecule has 0 spiro atoms. The van der Waals surface area contributed by atoms with Crippen molar-refractivity contribution in [1.29, 1.82) is 0 Å². The number of nitrogens with one attached hydrogen (secondary N) is 3. The predicted octanol–water partition coefficient (Wildman–Crippen LogP) is 1.97. The van der Waals surface area contributed by atoms with E-state index in [2.05, 4.69) is 15.5 Å². The Morgan fingerprint density at radius 1 is 1.14 bits per heavy atom. The number of benzene rings is 1. The normalized spacial score (nSPS) is 20.4. The zero-order chi connectivity index (χ0) is 15.3. The highest BCUT2D eigenvalue weighted by Gasteiger charge is 2.37. The molecule has 112 valence electrons. The fourth-order valence-electron chi connectivity index (χ4n) is 3.40. The largest absolute Gasteiger partial charge is 0.508 e. The van der Waals surface area contributed by atoms with Crippen LogP contribution in [0.1, 0.15) is 36.3 Å². The van der Waals surface area contributed by atoms with Crippen molar-refractivity contribution in [2.24, 2.45) is 0 Å². The molecule has 1 aliphatic heterocycles. The molecular formula is C16H15N3O3. The van der Waals surface area contributed by atoms with E-state index in [0.29, 0.717) is 23.4 Å². The Hall–Kier alpha value is -2.76. The van der Waals surface area contributed by atoms with Gasteiger partial charge in [-0.05, 0) is 30.5 Å². The van der Waals surface area contributed by atoms with Crippen molar-refractivity contribution in [1.82, 2.24) is 10.2 Å². The van der Waals surface area contributed by atoms with E-state index in [1.54, 1.807) is 18.2 Å². The van der Waals surface area contributed by atoms with Gasteiger partial charge in [-0.15, -0.1) is 0 Å². The molecular weight excluding hydrogens is 282 g/mol. The first-order valence-corrected chi connectivity index (χ1v) is 7.28. The summed E-state index contributed by atoms with van der Waals surface area (Å²) in [4.78, 5) is 24.6. The van der Waals surface area contributed by atoms with Gasteiger partial charge in [0, 0.05) is 23.6 Å². The molecule has 2 aliphatic rings. The lowest BCUT2D eigenvalue weighted by Gasteiger charge is -2.31. The number of rotatable bonds is 1. The van der Waals surface area contributed by atoms with Gasteiger partial charge >= 0.3 is 0 Å². The second kappa shape index (κ2) is 4.62. The maximum atomic E-state index is 12.5. The van der Waals surface area contributed by atoms with Gasteiger partial charge in [-0.2, -0.15) is 0 Å². The summed E-state index contributed by atoms with van der Waals surface area (Å²) in [6.07, 6.45) is 2.08. The fraction of sp³-hybridized carbons (Fsp3) is 0.250. The summed E-state index contributed by atoms with van der Waals surface area (Å²) in [5.74, 6) is 0.344. The maximum Gasteiger partial charge on any atom is 0.270 e. The summed E-state index contributed by atoms with van der Waals surface area (Å²) < 4.78 is 0. The molecule has 6 heteroatoms. The summed E-state index contributed by atoms with van der Waals surface area (Å²) in [6, 6.07) is 6.74. The zero-order valence-electron chi connectivity index (χ0n) is 11.8. The van der Waals surface area contributed by atoms with Gasteiger partial charge in [0.25, 0.3) is 5.56 Å². The Labute approximate surface area is 125 Å². The minimum atomic E-state index is -0.443. The van der Waals surface area contributed by atoms with Crippen LogP contribution in [-0.4, -0.2) is 21.1 Å². The predicted molar refractivity (Wildman–Crippen MR) is 80.9 cm³/mol. The highest BCUT2D eigenvalue weighted by Crippen LogP contribution is 2.43. The first-order chi connectivity index (χ1) is 10.6. The van der Waals surface area contributed by atoms with Crippen LogP contribution in [0.5, 0.6) is 5.75 Å². The van der Waals surface area contributed by atoms with E-state index in [1.807, 2.05) is 6.07 Å². The second-order valence-corrected chi connectivity index (χ2v) is 5.69. The van der Waals surface area contributed by atoms with E-state index < -0.39 is 5.92 Å². The zero-order valence-corrected chi connectivity index (χ0v) is 11.8. The Morgan fingerprint density at radius 2 is 2.00 bits per heavy atom. The van der Waals surface area contributed by atoms with Crippen LogP contribution in [0.3, 0.4) is 0 Å². The average Bonchev–Trinajstić information content (AvgIpc) is 2.87. The Morgan fingerprint density at radius 3 is 2.82 bits per heavy atom. The summed E-state index contributed by atoms with van der Waals surface area (Å²) >= 11 is 0. The number of allylic oxidation sites excluding steroid dienone is 2. The molecule has 0 amide bonds. The van der Waals surface area contributed by atoms with Gasteiger partial charge in [-0.1, -0.05) is 12.1 Å². The number of aromatic nitrogens is 2. The van der Waals surface area contributed by atoms with Gasteiger partial charge in [-0.25, -0.2) is 0 Å². The van der Waals surface area contributed by atoms with Gasteiger partial charge in [0.05, 0.1) is 5.56 Å². The average molecular weight is 297 g/mol. The van der Waals surface area contributed by atoms with Crippen LogP contribution in [0, 0.1) is 0 Å². The maximum absolute atomic E-state index is 12.5. The van der Waals surface area contributed by atoms with E-state index in [0.717, 1.165) is 24.1 Å². The molecule has 0 saturated carbocycles. The Balaban J connectivity index is 1.98. The van der Waals surface area contributed by atoms with Crippen molar-refractivity contribution < 1.29 is 9.90 Å². The Bertz CT molecular complexity index is 860. The first-order valence-electron chi connectivity index (χ1n) is 7.28. The SMILES string of the molecule is O=C1CCCC2=C1[C@@H](c1cccc(O)c1)c1c([nH][nH]c1=O)N2. The lowest BCUT2D eigenvalue weighted by atomic mass is 9.77. The monoisotopic (exact) mass is 297 g/mol. The van der Waals surface area contributed by atoms with E-state index in [9.17, 15) is 14.7 Å². The number of aromatic amines is 2. The van der Waals surface area contributed by atoms with Crippen LogP contribution in [0.2, 0.25) is 0 Å². The smallest absolute Gasteiger partial charge is 0.270 e. The molecule has 0 bridgehead atoms. The van der Waals surface area contributed by atoms with Crippen molar-refractivity contribution in [3.63, 3.8) is 0 Å². The third kappa shape index (κ3) is 1.80. The fourth-order valence-corrected chi connectivity index (χ4v) is 3.40. The van der Waals surface area contributed by atoms with E-state index in [1.165, 1.54) is 0 Å². The lowest BCUT2D eigenvalue weighted by Crippen LogP contribution is -2.29. The molecule has 22 heavy (non-hydrogen) atoms. The van der Waals surface area contributed by atoms with Crippen LogP contribution < -0.4 is 10.9 Å². The standard InChI is InChI=1S/C16H15N3O3/c20-9-4-1-3-8(7-9)12-13-10(5-2-6-11(13)21)17-15-14(12)16(22)19-18-15/h1,3-4,7,12,20H,2,5-6H2,(H3,17,18,19,22)/t12-/m1/s1. The Kier molecular flexibility index (Phi) is 2.72. The molecule has 0 saturated heterocycles. The summed E-state index contributed by atoms with van der Waals surface area (Å²) in [5, 5.41) is 18.3. The molecule has 0 radical (unpaired) electrons. The van der Waals surface area contributed by atoms with E-state index >= 15 is 0 Å². The van der Waals surface area contributed by atoms with Gasteiger partial charge < -0.3 is 10.4 Å². The molecule has 1 aromatic heterocycles. The molecule has 0 fully saturated rings. The highest BCUT2D eigenvalue weighted by molar-refractivity contribution is 6.00. The number of ketones is 1. The van der Waals surface area contributed by atoms with Gasteiger partial charge in [0.15, 0.2) is 5.78 Å². The first kappa shape index (κ1) is 12.9. The van der Waals surface area contributed by atoms with Crippen molar-refractivity contribution in [3.05, 3.63) is 57.0 Å². The van der Waals surface area contributed by atoms with Crippen LogP contribution in [0.4, 0.5) is 5.82 Å². The molecule has 1 aliphatic carbocycles. The molecule has 1 aromatic carbocycles. The highest BCUT2D eigenvalue weighted by atomic mass is 16.3. The van der Waals surface area contributed by atoms with Gasteiger partial charge in [0.2, 0.25) is 0 Å². The minimum absolute atomic E-state index is 0.0633. The second-order valence-electron chi connectivity index (χ2n) is 5.69. The number of aromatic hydroxyl groups is 1. The van der Waals surface area contributed by atoms with E-state index in [-0.39, 0.29) is 17.1 Å². The molecule has 0 unspecified atom stereocenters. The number of Topliss-reactive ketones (excluding diaryl/α,β-unsaturated/α-hetero) is 1. The van der Waals surface area contributed by atoms with Crippen molar-refractivity contribution >= 4 is 11.6 Å². The third-order valence-corrected chi connectivity index (χ3v) is 4.33. The van der Waals surface area contributed by atoms with Crippen molar-refractivity contribution in [2.45, 2.75) is 25.2 Å². The molecule has 4 rings (SSSR count). The van der Waals surface area contributed by atoms with Crippen molar-refractivity contribution in [2.75, 3.05) is 5.32 Å². The van der Waals surface area contributed by atoms with Gasteiger partial charge in [-0.3, -0.25) is 19.8 Å². The lowest BCUT2D eigenvalue weighted by molar-refractivity contribution is -0.116. The van der Waals surface area contributed by atoms with E-state index in [4.69, 9.17) is 0 Å². The number of phenolic OH excluding ortho intramolecular Hbond substituents is 1. The molecule has 2 heterocycles. The number of hydrogen-bond donors (Lipinski definition) is 4. The molecule has 1 atom stereocenters. The number of hydrogen-bond acceptors (Lipinski definition) is 4. The molecule has 4 N–H and O–H groups in total. The third-order valence-electron chi connectivity index (χ3n) is 4.33. The number of carbonyl (C=O) groups excluding carboxylic acids is 1. The number of carbonyl (C=O) groups is 1. The van der Waals surface area contributed by atoms with Crippen LogP contribution >= 0.6 is 0 Å².